The molecule has 1 N–H and O–H groups in total. The van der Waals surface area contributed by atoms with Crippen LogP contribution in [-0.4, -0.2) is 24.1 Å². The Balaban J connectivity index is 2.29. The van der Waals surface area contributed by atoms with Crippen molar-refractivity contribution in [2.45, 2.75) is 33.7 Å². The van der Waals surface area contributed by atoms with Crippen molar-refractivity contribution in [3.63, 3.8) is 0 Å². The highest BCUT2D eigenvalue weighted by Gasteiger charge is 2.09. The van der Waals surface area contributed by atoms with Crippen LogP contribution in [0.1, 0.15) is 30.5 Å². The van der Waals surface area contributed by atoms with E-state index in [0.29, 0.717) is 6.61 Å². The van der Waals surface area contributed by atoms with Crippen molar-refractivity contribution in [2.24, 2.45) is 0 Å². The number of aromatic nitrogens is 1. The molecule has 4 nitrogen and oxygen atoms in total. The van der Waals surface area contributed by atoms with Gasteiger partial charge in [-0.25, -0.2) is 0 Å². The molecule has 2 rings (SSSR count). The van der Waals surface area contributed by atoms with Gasteiger partial charge in [0.25, 0.3) is 0 Å². The molecule has 0 spiro atoms. The Bertz CT molecular complexity index is 668. The molecule has 0 aliphatic heterocycles. The summed E-state index contributed by atoms with van der Waals surface area (Å²) in [6, 6.07) is 10.2. The van der Waals surface area contributed by atoms with Crippen LogP contribution in [0.5, 0.6) is 0 Å². The standard InChI is InChI=1S/C19H24N2O2/c1-4-20-13-16-10-14(3)6-7-17(16)18-11-15(8-9-21-18)12-19(22)23-5-2/h6-11,20H,4-5,12-13H2,1-3H3. The van der Waals surface area contributed by atoms with Gasteiger partial charge in [0, 0.05) is 18.3 Å². The summed E-state index contributed by atoms with van der Waals surface area (Å²) in [5, 5.41) is 3.36. The van der Waals surface area contributed by atoms with Crippen LogP contribution in [0.15, 0.2) is 36.5 Å². The number of carbonyl (C=O) groups excluding carboxylic acids is 1. The minimum Gasteiger partial charge on any atom is -0.466 e. The summed E-state index contributed by atoms with van der Waals surface area (Å²) < 4.78 is 5.01. The van der Waals surface area contributed by atoms with E-state index in [0.717, 1.165) is 29.9 Å². The molecule has 1 heterocycles. The summed E-state index contributed by atoms with van der Waals surface area (Å²) in [6.07, 6.45) is 2.03. The molecule has 1 aromatic carbocycles. The smallest absolute Gasteiger partial charge is 0.310 e. The van der Waals surface area contributed by atoms with Crippen molar-refractivity contribution in [1.82, 2.24) is 10.3 Å². The van der Waals surface area contributed by atoms with Crippen molar-refractivity contribution in [2.75, 3.05) is 13.2 Å². The first kappa shape index (κ1) is 17.2. The lowest BCUT2D eigenvalue weighted by Crippen LogP contribution is -2.13. The number of nitrogens with one attached hydrogen (secondary N) is 1. The van der Waals surface area contributed by atoms with E-state index in [1.54, 1.807) is 6.20 Å². The minimum atomic E-state index is -0.207. The lowest BCUT2D eigenvalue weighted by molar-refractivity contribution is -0.142. The van der Waals surface area contributed by atoms with Crippen molar-refractivity contribution in [1.29, 1.82) is 0 Å². The van der Waals surface area contributed by atoms with E-state index < -0.39 is 0 Å². The number of esters is 1. The summed E-state index contributed by atoms with van der Waals surface area (Å²) in [5.74, 6) is -0.207. The monoisotopic (exact) mass is 312 g/mol. The summed E-state index contributed by atoms with van der Waals surface area (Å²) >= 11 is 0. The SMILES string of the molecule is CCNCc1cc(C)ccc1-c1cc(CC(=O)OCC)ccn1. The second-order valence-electron chi connectivity index (χ2n) is 5.47. The molecule has 0 fully saturated rings. The number of rotatable bonds is 7. The molecule has 2 aromatic rings. The molecule has 0 bridgehead atoms. The van der Waals surface area contributed by atoms with Crippen molar-refractivity contribution in [3.05, 3.63) is 53.2 Å². The Kier molecular flexibility index (Phi) is 6.29. The number of carbonyl (C=O) groups is 1. The van der Waals surface area contributed by atoms with E-state index in [1.807, 2.05) is 19.1 Å². The van der Waals surface area contributed by atoms with E-state index >= 15 is 0 Å². The predicted molar refractivity (Wildman–Crippen MR) is 92.1 cm³/mol. The zero-order valence-corrected chi connectivity index (χ0v) is 14.1. The first-order valence-corrected chi connectivity index (χ1v) is 8.05. The Morgan fingerprint density at radius 1 is 1.22 bits per heavy atom. The Hall–Kier alpha value is -2.20. The van der Waals surface area contributed by atoms with Gasteiger partial charge in [0.05, 0.1) is 18.7 Å². The maximum atomic E-state index is 11.7. The molecule has 0 amide bonds. The molecular weight excluding hydrogens is 288 g/mol. The minimum absolute atomic E-state index is 0.207. The molecule has 1 aromatic heterocycles. The van der Waals surface area contributed by atoms with Crippen molar-refractivity contribution in [3.8, 4) is 11.3 Å². The maximum absolute atomic E-state index is 11.7. The van der Waals surface area contributed by atoms with Crippen LogP contribution in [0.25, 0.3) is 11.3 Å². The third kappa shape index (κ3) is 4.89. The average Bonchev–Trinajstić information content (AvgIpc) is 2.53. The number of aryl methyl sites for hydroxylation is 1. The van der Waals surface area contributed by atoms with Crippen LogP contribution >= 0.6 is 0 Å². The number of pyridine rings is 1. The van der Waals surface area contributed by atoms with Gasteiger partial charge in [-0.1, -0.05) is 30.7 Å². The molecule has 0 aliphatic rings. The second kappa shape index (κ2) is 8.44. The Labute approximate surface area is 137 Å². The number of hydrogen-bond donors (Lipinski definition) is 1. The molecule has 122 valence electrons. The van der Waals surface area contributed by atoms with E-state index in [4.69, 9.17) is 4.74 Å². The first-order chi connectivity index (χ1) is 11.1. The van der Waals surface area contributed by atoms with Crippen molar-refractivity contribution < 1.29 is 9.53 Å². The van der Waals surface area contributed by atoms with Gasteiger partial charge in [-0.05, 0) is 43.7 Å². The number of hydrogen-bond acceptors (Lipinski definition) is 4. The molecule has 4 heteroatoms. The summed E-state index contributed by atoms with van der Waals surface area (Å²) in [7, 11) is 0. The fourth-order valence-electron chi connectivity index (χ4n) is 2.49. The highest BCUT2D eigenvalue weighted by molar-refractivity contribution is 5.73. The average molecular weight is 312 g/mol. The van der Waals surface area contributed by atoms with E-state index in [1.165, 1.54) is 11.1 Å². The lowest BCUT2D eigenvalue weighted by Gasteiger charge is -2.12. The summed E-state index contributed by atoms with van der Waals surface area (Å²) in [5.41, 5.74) is 5.35. The maximum Gasteiger partial charge on any atom is 0.310 e. The van der Waals surface area contributed by atoms with Gasteiger partial charge in [0.15, 0.2) is 0 Å². The number of ether oxygens (including phenoxy) is 1. The second-order valence-corrected chi connectivity index (χ2v) is 5.47. The molecule has 0 unspecified atom stereocenters. The molecule has 0 radical (unpaired) electrons. The highest BCUT2D eigenvalue weighted by atomic mass is 16.5. The largest absolute Gasteiger partial charge is 0.466 e. The lowest BCUT2D eigenvalue weighted by atomic mass is 10.00. The molecule has 0 saturated heterocycles. The van der Waals surface area contributed by atoms with Gasteiger partial charge in [0.1, 0.15) is 0 Å². The number of benzene rings is 1. The molecule has 23 heavy (non-hydrogen) atoms. The molecule has 0 atom stereocenters. The van der Waals surface area contributed by atoms with Gasteiger partial charge in [0.2, 0.25) is 0 Å². The highest BCUT2D eigenvalue weighted by Crippen LogP contribution is 2.24. The van der Waals surface area contributed by atoms with Crippen LogP contribution < -0.4 is 5.32 Å². The molecular formula is C19H24N2O2. The third-order valence-electron chi connectivity index (χ3n) is 3.58. The third-order valence-corrected chi connectivity index (χ3v) is 3.58. The van der Waals surface area contributed by atoms with Crippen LogP contribution in [-0.2, 0) is 22.5 Å². The molecule has 0 saturated carbocycles. The van der Waals surface area contributed by atoms with Crippen LogP contribution in [0.4, 0.5) is 0 Å². The summed E-state index contributed by atoms with van der Waals surface area (Å²) in [6.45, 7) is 8.12. The fraction of sp³-hybridized carbons (Fsp3) is 0.368. The van der Waals surface area contributed by atoms with Gasteiger partial charge in [-0.2, -0.15) is 0 Å². The quantitative estimate of drug-likeness (QED) is 0.797. The van der Waals surface area contributed by atoms with Crippen LogP contribution in [0.3, 0.4) is 0 Å². The van der Waals surface area contributed by atoms with Gasteiger partial charge in [-0.15, -0.1) is 0 Å². The van der Waals surface area contributed by atoms with Gasteiger partial charge < -0.3 is 10.1 Å². The fourth-order valence-corrected chi connectivity index (χ4v) is 2.49. The van der Waals surface area contributed by atoms with Crippen LogP contribution in [0.2, 0.25) is 0 Å². The topological polar surface area (TPSA) is 51.2 Å². The predicted octanol–water partition coefficient (Wildman–Crippen LogP) is 3.27. The van der Waals surface area contributed by atoms with E-state index in [-0.39, 0.29) is 12.4 Å². The normalized spacial score (nSPS) is 10.6. The van der Waals surface area contributed by atoms with Crippen molar-refractivity contribution >= 4 is 5.97 Å². The van der Waals surface area contributed by atoms with Crippen LogP contribution in [0, 0.1) is 6.92 Å². The Morgan fingerprint density at radius 2 is 2.04 bits per heavy atom. The zero-order valence-electron chi connectivity index (χ0n) is 14.1. The zero-order chi connectivity index (χ0) is 16.7. The van der Waals surface area contributed by atoms with E-state index in [9.17, 15) is 4.79 Å². The van der Waals surface area contributed by atoms with Gasteiger partial charge >= 0.3 is 5.97 Å². The molecule has 0 aliphatic carbocycles. The van der Waals surface area contributed by atoms with Gasteiger partial charge in [-0.3, -0.25) is 9.78 Å². The first-order valence-electron chi connectivity index (χ1n) is 8.05. The summed E-state index contributed by atoms with van der Waals surface area (Å²) in [4.78, 5) is 16.1. The van der Waals surface area contributed by atoms with E-state index in [2.05, 4.69) is 42.3 Å². The number of nitrogens with zero attached hydrogens (tertiary/aromatic N) is 1. The Morgan fingerprint density at radius 3 is 2.78 bits per heavy atom.